The van der Waals surface area contributed by atoms with E-state index in [1.54, 1.807) is 0 Å². The number of aromatic amines is 1. The Bertz CT molecular complexity index is 716. The minimum atomic E-state index is 0.824. The van der Waals surface area contributed by atoms with E-state index in [1.807, 2.05) is 6.20 Å². The summed E-state index contributed by atoms with van der Waals surface area (Å²) in [5.41, 5.74) is 4.86. The number of aromatic nitrogens is 1. The molecule has 1 aromatic heterocycles. The van der Waals surface area contributed by atoms with Gasteiger partial charge in [0.2, 0.25) is 0 Å². The Morgan fingerprint density at radius 2 is 2.05 bits per heavy atom. The van der Waals surface area contributed by atoms with Crippen LogP contribution >= 0.6 is 15.9 Å². The highest BCUT2D eigenvalue weighted by Gasteiger charge is 2.02. The lowest BCUT2D eigenvalue weighted by molar-refractivity contribution is 1.16. The monoisotopic (exact) mass is 314 g/mol. The Morgan fingerprint density at radius 3 is 2.89 bits per heavy atom. The van der Waals surface area contributed by atoms with Crippen molar-refractivity contribution in [1.82, 2.24) is 4.98 Å². The molecule has 1 heterocycles. The molecule has 0 saturated heterocycles. The Hall–Kier alpha value is -1.74. The van der Waals surface area contributed by atoms with Gasteiger partial charge in [0, 0.05) is 33.8 Å². The van der Waals surface area contributed by atoms with Crippen LogP contribution in [-0.4, -0.2) is 4.98 Å². The maximum atomic E-state index is 3.56. The number of benzene rings is 2. The second-order valence-electron chi connectivity index (χ2n) is 4.67. The van der Waals surface area contributed by atoms with Crippen molar-refractivity contribution in [3.63, 3.8) is 0 Å². The molecule has 0 atom stereocenters. The number of H-pyrrole nitrogens is 1. The van der Waals surface area contributed by atoms with Crippen molar-refractivity contribution in [3.05, 3.63) is 64.3 Å². The normalized spacial score (nSPS) is 10.8. The predicted octanol–water partition coefficient (Wildman–Crippen LogP) is 4.85. The number of fused-ring (bicyclic) bond motifs is 1. The van der Waals surface area contributed by atoms with E-state index in [9.17, 15) is 0 Å². The lowest BCUT2D eigenvalue weighted by Crippen LogP contribution is -1.99. The van der Waals surface area contributed by atoms with Gasteiger partial charge in [-0.3, -0.25) is 0 Å². The van der Waals surface area contributed by atoms with E-state index in [0.29, 0.717) is 0 Å². The van der Waals surface area contributed by atoms with Gasteiger partial charge in [-0.25, -0.2) is 0 Å². The smallest absolute Gasteiger partial charge is 0.0457 e. The molecule has 0 aliphatic rings. The highest BCUT2D eigenvalue weighted by atomic mass is 79.9. The minimum Gasteiger partial charge on any atom is -0.381 e. The molecule has 96 valence electrons. The maximum Gasteiger partial charge on any atom is 0.0457 e. The van der Waals surface area contributed by atoms with Gasteiger partial charge >= 0.3 is 0 Å². The average Bonchev–Trinajstić information content (AvgIpc) is 2.89. The molecule has 0 saturated carbocycles. The van der Waals surface area contributed by atoms with Crippen molar-refractivity contribution in [2.75, 3.05) is 5.32 Å². The van der Waals surface area contributed by atoms with E-state index in [4.69, 9.17) is 0 Å². The van der Waals surface area contributed by atoms with Crippen LogP contribution in [0.1, 0.15) is 11.1 Å². The van der Waals surface area contributed by atoms with Crippen LogP contribution in [0.5, 0.6) is 0 Å². The van der Waals surface area contributed by atoms with Crippen molar-refractivity contribution in [3.8, 4) is 0 Å². The summed E-state index contributed by atoms with van der Waals surface area (Å²) in [4.78, 5) is 3.24. The standard InChI is InChI=1S/C16H15BrN2/c1-11-5-6-13(9-15(11)17)19-10-12-3-2-4-16-14(12)7-8-18-16/h2-9,18-19H,10H2,1H3. The van der Waals surface area contributed by atoms with Crippen LogP contribution in [0.3, 0.4) is 0 Å². The number of aryl methyl sites for hydroxylation is 1. The van der Waals surface area contributed by atoms with Crippen molar-refractivity contribution in [2.45, 2.75) is 13.5 Å². The van der Waals surface area contributed by atoms with E-state index in [0.717, 1.165) is 16.7 Å². The molecule has 0 amide bonds. The first-order valence-electron chi connectivity index (χ1n) is 6.29. The Balaban J connectivity index is 1.82. The molecule has 0 aliphatic heterocycles. The van der Waals surface area contributed by atoms with Crippen molar-refractivity contribution >= 4 is 32.5 Å². The summed E-state index contributed by atoms with van der Waals surface area (Å²) >= 11 is 3.56. The SMILES string of the molecule is Cc1ccc(NCc2cccc3[nH]ccc23)cc1Br. The predicted molar refractivity (Wildman–Crippen MR) is 84.5 cm³/mol. The lowest BCUT2D eigenvalue weighted by atomic mass is 10.1. The van der Waals surface area contributed by atoms with Crippen LogP contribution in [0, 0.1) is 6.92 Å². The molecule has 0 spiro atoms. The van der Waals surface area contributed by atoms with Gasteiger partial charge in [-0.15, -0.1) is 0 Å². The number of hydrogen-bond acceptors (Lipinski definition) is 1. The van der Waals surface area contributed by atoms with Crippen LogP contribution in [0.4, 0.5) is 5.69 Å². The van der Waals surface area contributed by atoms with E-state index in [1.165, 1.54) is 22.0 Å². The van der Waals surface area contributed by atoms with Crippen LogP contribution < -0.4 is 5.32 Å². The molecule has 19 heavy (non-hydrogen) atoms. The fourth-order valence-corrected chi connectivity index (χ4v) is 2.58. The highest BCUT2D eigenvalue weighted by Crippen LogP contribution is 2.22. The van der Waals surface area contributed by atoms with Crippen LogP contribution in [0.2, 0.25) is 0 Å². The number of hydrogen-bond donors (Lipinski definition) is 2. The zero-order valence-electron chi connectivity index (χ0n) is 10.7. The summed E-state index contributed by atoms with van der Waals surface area (Å²) in [5.74, 6) is 0. The average molecular weight is 315 g/mol. The van der Waals surface area contributed by atoms with Gasteiger partial charge in [0.05, 0.1) is 0 Å². The number of halogens is 1. The summed E-state index contributed by atoms with van der Waals surface area (Å²) in [6.45, 7) is 2.92. The number of anilines is 1. The second-order valence-corrected chi connectivity index (χ2v) is 5.53. The zero-order chi connectivity index (χ0) is 13.2. The summed E-state index contributed by atoms with van der Waals surface area (Å²) in [6.07, 6.45) is 1.98. The van der Waals surface area contributed by atoms with Gasteiger partial charge in [-0.1, -0.05) is 34.1 Å². The second kappa shape index (κ2) is 5.10. The largest absolute Gasteiger partial charge is 0.381 e. The molecule has 0 aliphatic carbocycles. The van der Waals surface area contributed by atoms with Crippen molar-refractivity contribution in [2.24, 2.45) is 0 Å². The third-order valence-corrected chi connectivity index (χ3v) is 4.19. The van der Waals surface area contributed by atoms with E-state index >= 15 is 0 Å². The molecular weight excluding hydrogens is 300 g/mol. The van der Waals surface area contributed by atoms with Gasteiger partial charge in [0.1, 0.15) is 0 Å². The zero-order valence-corrected chi connectivity index (χ0v) is 12.3. The van der Waals surface area contributed by atoms with Gasteiger partial charge in [-0.05, 0) is 42.3 Å². The van der Waals surface area contributed by atoms with Crippen molar-refractivity contribution in [1.29, 1.82) is 0 Å². The molecule has 3 heteroatoms. The van der Waals surface area contributed by atoms with E-state index < -0.39 is 0 Å². The number of nitrogens with one attached hydrogen (secondary N) is 2. The molecule has 0 radical (unpaired) electrons. The van der Waals surface area contributed by atoms with Gasteiger partial charge in [0.25, 0.3) is 0 Å². The Morgan fingerprint density at radius 1 is 1.16 bits per heavy atom. The fourth-order valence-electron chi connectivity index (χ4n) is 2.20. The molecule has 3 aromatic rings. The quantitative estimate of drug-likeness (QED) is 0.710. The summed E-state index contributed by atoms with van der Waals surface area (Å²) in [6, 6.07) is 14.8. The van der Waals surface area contributed by atoms with E-state index in [2.05, 4.69) is 75.6 Å². The first-order valence-corrected chi connectivity index (χ1v) is 7.08. The third kappa shape index (κ3) is 2.51. The third-order valence-electron chi connectivity index (χ3n) is 3.34. The summed E-state index contributed by atoms with van der Waals surface area (Å²) in [5, 5.41) is 4.75. The first-order chi connectivity index (χ1) is 9.24. The Kier molecular flexibility index (Phi) is 3.30. The lowest BCUT2D eigenvalue weighted by Gasteiger charge is -2.09. The van der Waals surface area contributed by atoms with Crippen LogP contribution in [-0.2, 0) is 6.54 Å². The molecule has 2 nitrogen and oxygen atoms in total. The molecule has 3 rings (SSSR count). The minimum absolute atomic E-state index is 0.824. The van der Waals surface area contributed by atoms with Gasteiger partial charge < -0.3 is 10.3 Å². The fraction of sp³-hybridized carbons (Fsp3) is 0.125. The van der Waals surface area contributed by atoms with Gasteiger partial charge in [0.15, 0.2) is 0 Å². The molecule has 0 unspecified atom stereocenters. The summed E-state index contributed by atoms with van der Waals surface area (Å²) in [7, 11) is 0. The molecule has 2 aromatic carbocycles. The molecular formula is C16H15BrN2. The molecule has 2 N–H and O–H groups in total. The first kappa shape index (κ1) is 12.3. The highest BCUT2D eigenvalue weighted by molar-refractivity contribution is 9.10. The van der Waals surface area contributed by atoms with Crippen LogP contribution in [0.15, 0.2) is 53.1 Å². The van der Waals surface area contributed by atoms with Gasteiger partial charge in [-0.2, -0.15) is 0 Å². The molecule has 0 bridgehead atoms. The number of rotatable bonds is 3. The van der Waals surface area contributed by atoms with Crippen molar-refractivity contribution < 1.29 is 0 Å². The topological polar surface area (TPSA) is 27.8 Å². The van der Waals surface area contributed by atoms with Crippen LogP contribution in [0.25, 0.3) is 10.9 Å². The Labute approximate surface area is 121 Å². The maximum absolute atomic E-state index is 3.56. The summed E-state index contributed by atoms with van der Waals surface area (Å²) < 4.78 is 1.14. The molecule has 0 fully saturated rings. The van der Waals surface area contributed by atoms with E-state index in [-0.39, 0.29) is 0 Å².